The number of rotatable bonds is 3. The van der Waals surface area contributed by atoms with E-state index in [-0.39, 0.29) is 5.91 Å². The molecule has 2 nitrogen and oxygen atoms in total. The average Bonchev–Trinajstić information content (AvgIpc) is 3.07. The molecule has 1 aliphatic carbocycles. The van der Waals surface area contributed by atoms with E-state index in [4.69, 9.17) is 0 Å². The third-order valence-corrected chi connectivity index (χ3v) is 3.93. The van der Waals surface area contributed by atoms with E-state index < -0.39 is 0 Å². The zero-order valence-corrected chi connectivity index (χ0v) is 12.2. The van der Waals surface area contributed by atoms with Crippen molar-refractivity contribution in [3.63, 3.8) is 0 Å². The molecule has 0 aliphatic heterocycles. The summed E-state index contributed by atoms with van der Waals surface area (Å²) in [5, 5.41) is 0. The van der Waals surface area contributed by atoms with Gasteiger partial charge in [-0.15, -0.1) is 0 Å². The molecule has 1 saturated carbocycles. The van der Waals surface area contributed by atoms with Crippen molar-refractivity contribution in [2.45, 2.75) is 25.8 Å². The number of nitrogens with zero attached hydrogens (tertiary/aromatic N) is 1. The van der Waals surface area contributed by atoms with E-state index in [9.17, 15) is 4.79 Å². The third-order valence-electron chi connectivity index (χ3n) is 2.75. The molecule has 16 heavy (non-hydrogen) atoms. The molecule has 4 heteroatoms. The Morgan fingerprint density at radius 2 is 2.12 bits per heavy atom. The lowest BCUT2D eigenvalue weighted by Gasteiger charge is -2.21. The molecule has 0 unspecified atom stereocenters. The molecule has 0 saturated heterocycles. The first-order chi connectivity index (χ1) is 7.63. The molecule has 0 bridgehead atoms. The second-order valence-corrected chi connectivity index (χ2v) is 5.72. The zero-order valence-electron chi connectivity index (χ0n) is 9.04. The Labute approximate surface area is 112 Å². The Morgan fingerprint density at radius 3 is 2.69 bits per heavy atom. The fourth-order valence-electron chi connectivity index (χ4n) is 1.77. The molecule has 1 aromatic carbocycles. The number of amides is 1. The fraction of sp³-hybridized carbons (Fsp3) is 0.417. The van der Waals surface area contributed by atoms with Gasteiger partial charge in [-0.25, -0.2) is 0 Å². The standard InChI is InChI=1S/C12H13Br2NO/c1-2-15(9-4-5-9)12(16)10-7-8(13)3-6-11(10)14/h3,6-7,9H,2,4-5H2,1H3. The van der Waals surface area contributed by atoms with Gasteiger partial charge in [0.1, 0.15) is 0 Å². The zero-order chi connectivity index (χ0) is 11.7. The van der Waals surface area contributed by atoms with E-state index in [1.54, 1.807) is 0 Å². The Balaban J connectivity index is 2.28. The van der Waals surface area contributed by atoms with Gasteiger partial charge in [0.25, 0.3) is 5.91 Å². The van der Waals surface area contributed by atoms with E-state index >= 15 is 0 Å². The molecular formula is C12H13Br2NO. The van der Waals surface area contributed by atoms with Gasteiger partial charge in [0.05, 0.1) is 5.56 Å². The smallest absolute Gasteiger partial charge is 0.255 e. The van der Waals surface area contributed by atoms with Crippen LogP contribution < -0.4 is 0 Å². The fourth-order valence-corrected chi connectivity index (χ4v) is 2.55. The Bertz CT molecular complexity index is 415. The van der Waals surface area contributed by atoms with Crippen LogP contribution in [0.3, 0.4) is 0 Å². The van der Waals surface area contributed by atoms with Gasteiger partial charge in [-0.2, -0.15) is 0 Å². The topological polar surface area (TPSA) is 20.3 Å². The molecule has 0 heterocycles. The van der Waals surface area contributed by atoms with E-state index in [1.165, 1.54) is 0 Å². The predicted molar refractivity (Wildman–Crippen MR) is 71.6 cm³/mol. The van der Waals surface area contributed by atoms with Gasteiger partial charge in [0.15, 0.2) is 0 Å². The van der Waals surface area contributed by atoms with Crippen LogP contribution in [0.5, 0.6) is 0 Å². The lowest BCUT2D eigenvalue weighted by Crippen LogP contribution is -2.33. The van der Waals surface area contributed by atoms with Gasteiger partial charge in [-0.1, -0.05) is 15.9 Å². The minimum atomic E-state index is 0.123. The van der Waals surface area contributed by atoms with Crippen LogP contribution in [0.15, 0.2) is 27.1 Å². The number of hydrogen-bond donors (Lipinski definition) is 0. The van der Waals surface area contributed by atoms with Crippen molar-refractivity contribution in [1.82, 2.24) is 4.90 Å². The van der Waals surface area contributed by atoms with Crippen molar-refractivity contribution in [2.24, 2.45) is 0 Å². The second kappa shape index (κ2) is 4.88. The average molecular weight is 347 g/mol. The van der Waals surface area contributed by atoms with Gasteiger partial charge < -0.3 is 4.90 Å². The first-order valence-electron chi connectivity index (χ1n) is 5.39. The quantitative estimate of drug-likeness (QED) is 0.814. The lowest BCUT2D eigenvalue weighted by molar-refractivity contribution is 0.0751. The van der Waals surface area contributed by atoms with Gasteiger partial charge in [-0.3, -0.25) is 4.79 Å². The van der Waals surface area contributed by atoms with Gasteiger partial charge >= 0.3 is 0 Å². The van der Waals surface area contributed by atoms with Crippen LogP contribution in [-0.2, 0) is 0 Å². The summed E-state index contributed by atoms with van der Waals surface area (Å²) < 4.78 is 1.80. The molecule has 1 fully saturated rings. The monoisotopic (exact) mass is 345 g/mol. The van der Waals surface area contributed by atoms with Gasteiger partial charge in [0, 0.05) is 21.5 Å². The number of carbonyl (C=O) groups is 1. The van der Waals surface area contributed by atoms with Crippen molar-refractivity contribution < 1.29 is 4.79 Å². The maximum absolute atomic E-state index is 12.3. The SMILES string of the molecule is CCN(C(=O)c1cc(Br)ccc1Br)C1CC1. The third kappa shape index (κ3) is 2.48. The van der Waals surface area contributed by atoms with Crippen LogP contribution >= 0.6 is 31.9 Å². The van der Waals surface area contributed by atoms with Crippen LogP contribution in [0.1, 0.15) is 30.1 Å². The van der Waals surface area contributed by atoms with E-state index in [0.717, 1.165) is 33.9 Å². The molecule has 1 aromatic rings. The van der Waals surface area contributed by atoms with E-state index in [2.05, 4.69) is 31.9 Å². The summed E-state index contributed by atoms with van der Waals surface area (Å²) in [5.74, 6) is 0.123. The summed E-state index contributed by atoms with van der Waals surface area (Å²) in [6.07, 6.45) is 2.29. The van der Waals surface area contributed by atoms with Crippen molar-refractivity contribution in [3.8, 4) is 0 Å². The first-order valence-corrected chi connectivity index (χ1v) is 6.98. The normalized spacial score (nSPS) is 14.9. The number of benzene rings is 1. The lowest BCUT2D eigenvalue weighted by atomic mass is 10.2. The van der Waals surface area contributed by atoms with Crippen molar-refractivity contribution in [3.05, 3.63) is 32.7 Å². The highest BCUT2D eigenvalue weighted by Gasteiger charge is 2.32. The van der Waals surface area contributed by atoms with Crippen LogP contribution in [-0.4, -0.2) is 23.4 Å². The molecule has 1 aliphatic rings. The largest absolute Gasteiger partial charge is 0.336 e. The summed E-state index contributed by atoms with van der Waals surface area (Å²) in [5.41, 5.74) is 0.739. The molecule has 1 amide bonds. The maximum atomic E-state index is 12.3. The second-order valence-electron chi connectivity index (χ2n) is 3.95. The van der Waals surface area contributed by atoms with E-state index in [0.29, 0.717) is 6.04 Å². The van der Waals surface area contributed by atoms with Crippen LogP contribution in [0.4, 0.5) is 0 Å². The summed E-state index contributed by atoms with van der Waals surface area (Å²) in [7, 11) is 0. The minimum Gasteiger partial charge on any atom is -0.336 e. The Morgan fingerprint density at radius 1 is 1.44 bits per heavy atom. The van der Waals surface area contributed by atoms with Crippen molar-refractivity contribution in [2.75, 3.05) is 6.54 Å². The van der Waals surface area contributed by atoms with Crippen molar-refractivity contribution >= 4 is 37.8 Å². The first kappa shape index (κ1) is 12.1. The Hall–Kier alpha value is -0.350. The van der Waals surface area contributed by atoms with Crippen LogP contribution in [0.25, 0.3) is 0 Å². The highest BCUT2D eigenvalue weighted by molar-refractivity contribution is 9.11. The molecule has 0 atom stereocenters. The minimum absolute atomic E-state index is 0.123. The molecule has 0 spiro atoms. The van der Waals surface area contributed by atoms with Crippen LogP contribution in [0, 0.1) is 0 Å². The molecule has 0 radical (unpaired) electrons. The highest BCUT2D eigenvalue weighted by atomic mass is 79.9. The predicted octanol–water partition coefficient (Wildman–Crippen LogP) is 3.84. The molecule has 0 N–H and O–H groups in total. The van der Waals surface area contributed by atoms with Gasteiger partial charge in [0.2, 0.25) is 0 Å². The number of carbonyl (C=O) groups excluding carboxylic acids is 1. The highest BCUT2D eigenvalue weighted by Crippen LogP contribution is 2.30. The summed E-state index contributed by atoms with van der Waals surface area (Å²) in [6, 6.07) is 6.16. The van der Waals surface area contributed by atoms with E-state index in [1.807, 2.05) is 30.0 Å². The molecule has 2 rings (SSSR count). The van der Waals surface area contributed by atoms with Gasteiger partial charge in [-0.05, 0) is 53.9 Å². The Kier molecular flexibility index (Phi) is 3.70. The van der Waals surface area contributed by atoms with Crippen molar-refractivity contribution in [1.29, 1.82) is 0 Å². The molecule has 0 aromatic heterocycles. The number of hydrogen-bond acceptors (Lipinski definition) is 1. The number of halogens is 2. The van der Waals surface area contributed by atoms with Crippen LogP contribution in [0.2, 0.25) is 0 Å². The summed E-state index contributed by atoms with van der Waals surface area (Å²) in [4.78, 5) is 14.3. The summed E-state index contributed by atoms with van der Waals surface area (Å²) >= 11 is 6.83. The maximum Gasteiger partial charge on any atom is 0.255 e. The molecular weight excluding hydrogens is 334 g/mol. The molecule has 86 valence electrons. The summed E-state index contributed by atoms with van der Waals surface area (Å²) in [6.45, 7) is 2.81.